The van der Waals surface area contributed by atoms with Crippen molar-refractivity contribution < 1.29 is 4.79 Å². The van der Waals surface area contributed by atoms with Gasteiger partial charge in [-0.1, -0.05) is 60.7 Å². The molecule has 9 nitrogen and oxygen atoms in total. The van der Waals surface area contributed by atoms with Gasteiger partial charge in [0.25, 0.3) is 11.5 Å². The number of fused-ring (bicyclic) bond motifs is 1. The normalized spacial score (nSPS) is 11.0. The van der Waals surface area contributed by atoms with Gasteiger partial charge in [-0.15, -0.1) is 0 Å². The number of aryl methyl sites for hydroxylation is 1. The highest BCUT2D eigenvalue weighted by atomic mass is 16.2. The van der Waals surface area contributed by atoms with Gasteiger partial charge in [0, 0.05) is 25.9 Å². The summed E-state index contributed by atoms with van der Waals surface area (Å²) in [7, 11) is 2.95. The predicted octanol–water partition coefficient (Wildman–Crippen LogP) is 2.80. The number of benzene rings is 2. The lowest BCUT2D eigenvalue weighted by Gasteiger charge is -2.09. The summed E-state index contributed by atoms with van der Waals surface area (Å²) in [5.41, 5.74) is 2.45. The van der Waals surface area contributed by atoms with Crippen molar-refractivity contribution in [3.8, 4) is 11.3 Å². The average molecular weight is 467 g/mol. The number of carbonyl (C=O) groups is 1. The van der Waals surface area contributed by atoms with Gasteiger partial charge in [0.15, 0.2) is 0 Å². The number of hydrogen-bond donors (Lipinski definition) is 1. The largest absolute Gasteiger partial charge is 0.332 e. The molecule has 0 saturated heterocycles. The van der Waals surface area contributed by atoms with E-state index in [0.29, 0.717) is 23.5 Å². The fourth-order valence-electron chi connectivity index (χ4n) is 3.98. The summed E-state index contributed by atoms with van der Waals surface area (Å²) in [4.78, 5) is 42.4. The molecule has 0 aliphatic heterocycles. The SMILES string of the molecule is Cn1c(=O)c2cc(NC(=O)c3cn(Cc4ccccc4)nc3-c3ccccc3)cnc2n(C)c1=O. The lowest BCUT2D eigenvalue weighted by Crippen LogP contribution is -2.37. The third-order valence-electron chi connectivity index (χ3n) is 5.79. The molecule has 5 rings (SSSR count). The summed E-state index contributed by atoms with van der Waals surface area (Å²) >= 11 is 0. The summed E-state index contributed by atoms with van der Waals surface area (Å²) in [6, 6.07) is 20.9. The quantitative estimate of drug-likeness (QED) is 0.429. The van der Waals surface area contributed by atoms with Crippen LogP contribution in [0.2, 0.25) is 0 Å². The monoisotopic (exact) mass is 466 g/mol. The maximum atomic E-state index is 13.4. The molecule has 3 heterocycles. The van der Waals surface area contributed by atoms with E-state index in [9.17, 15) is 14.4 Å². The fraction of sp³-hybridized carbons (Fsp3) is 0.115. The van der Waals surface area contributed by atoms with Crippen molar-refractivity contribution in [3.05, 3.63) is 111 Å². The summed E-state index contributed by atoms with van der Waals surface area (Å²) in [5.74, 6) is -0.383. The Morgan fingerprint density at radius 1 is 0.943 bits per heavy atom. The van der Waals surface area contributed by atoms with Crippen LogP contribution in [0.1, 0.15) is 15.9 Å². The first kappa shape index (κ1) is 22.0. The molecule has 3 aromatic heterocycles. The molecule has 0 aliphatic rings. The van der Waals surface area contributed by atoms with Crippen LogP contribution in [-0.4, -0.2) is 29.8 Å². The van der Waals surface area contributed by atoms with E-state index in [1.165, 1.54) is 23.9 Å². The van der Waals surface area contributed by atoms with Crippen LogP contribution in [0, 0.1) is 0 Å². The zero-order valence-electron chi connectivity index (χ0n) is 19.2. The Hall–Kier alpha value is -4.79. The van der Waals surface area contributed by atoms with Crippen LogP contribution in [0.5, 0.6) is 0 Å². The summed E-state index contributed by atoms with van der Waals surface area (Å²) in [6.45, 7) is 0.509. The van der Waals surface area contributed by atoms with Gasteiger partial charge in [0.05, 0.1) is 29.4 Å². The maximum absolute atomic E-state index is 13.4. The molecule has 0 unspecified atom stereocenters. The Morgan fingerprint density at radius 2 is 1.63 bits per heavy atom. The molecule has 0 atom stereocenters. The van der Waals surface area contributed by atoms with Crippen LogP contribution >= 0.6 is 0 Å². The Kier molecular flexibility index (Phi) is 5.58. The van der Waals surface area contributed by atoms with Gasteiger partial charge in [-0.05, 0) is 11.6 Å². The van der Waals surface area contributed by atoms with Gasteiger partial charge >= 0.3 is 5.69 Å². The lowest BCUT2D eigenvalue weighted by molar-refractivity contribution is 0.102. The van der Waals surface area contributed by atoms with Crippen molar-refractivity contribution in [2.45, 2.75) is 6.54 Å². The van der Waals surface area contributed by atoms with Crippen LogP contribution in [0.4, 0.5) is 5.69 Å². The van der Waals surface area contributed by atoms with Gasteiger partial charge in [0.1, 0.15) is 11.3 Å². The second-order valence-electron chi connectivity index (χ2n) is 8.20. The van der Waals surface area contributed by atoms with Crippen molar-refractivity contribution in [2.75, 3.05) is 5.32 Å². The molecule has 0 saturated carbocycles. The molecule has 0 spiro atoms. The van der Waals surface area contributed by atoms with Crippen LogP contribution in [0.25, 0.3) is 22.3 Å². The fourth-order valence-corrected chi connectivity index (χ4v) is 3.98. The Labute approximate surface area is 199 Å². The highest BCUT2D eigenvalue weighted by Crippen LogP contribution is 2.24. The molecule has 0 fully saturated rings. The van der Waals surface area contributed by atoms with E-state index in [2.05, 4.69) is 15.4 Å². The molecular weight excluding hydrogens is 444 g/mol. The van der Waals surface area contributed by atoms with Crippen LogP contribution in [0.15, 0.2) is 88.7 Å². The van der Waals surface area contributed by atoms with Crippen LogP contribution in [0.3, 0.4) is 0 Å². The zero-order chi connectivity index (χ0) is 24.5. The van der Waals surface area contributed by atoms with Gasteiger partial charge in [0.2, 0.25) is 0 Å². The summed E-state index contributed by atoms with van der Waals surface area (Å²) in [5, 5.41) is 7.74. The Morgan fingerprint density at radius 3 is 2.34 bits per heavy atom. The molecule has 9 heteroatoms. The lowest BCUT2D eigenvalue weighted by atomic mass is 10.1. The molecular formula is C26H22N6O3. The van der Waals surface area contributed by atoms with Gasteiger partial charge in [-0.25, -0.2) is 9.78 Å². The highest BCUT2D eigenvalue weighted by Gasteiger charge is 2.19. The molecule has 1 amide bonds. The minimum atomic E-state index is -0.479. The number of nitrogens with one attached hydrogen (secondary N) is 1. The number of aromatic nitrogens is 5. The van der Waals surface area contributed by atoms with Gasteiger partial charge in [-0.3, -0.25) is 23.4 Å². The molecule has 5 aromatic rings. The third-order valence-corrected chi connectivity index (χ3v) is 5.79. The number of hydrogen-bond acceptors (Lipinski definition) is 5. The first-order valence-corrected chi connectivity index (χ1v) is 11.0. The molecule has 0 radical (unpaired) electrons. The first-order chi connectivity index (χ1) is 16.9. The second kappa shape index (κ2) is 8.86. The van der Waals surface area contributed by atoms with Crippen molar-refractivity contribution in [1.82, 2.24) is 23.9 Å². The van der Waals surface area contributed by atoms with Crippen LogP contribution < -0.4 is 16.6 Å². The zero-order valence-corrected chi connectivity index (χ0v) is 19.2. The van der Waals surface area contributed by atoms with E-state index in [-0.39, 0.29) is 16.9 Å². The minimum Gasteiger partial charge on any atom is -0.320 e. The Bertz CT molecular complexity index is 1670. The van der Waals surface area contributed by atoms with Crippen molar-refractivity contribution >= 4 is 22.6 Å². The topological polar surface area (TPSA) is 104 Å². The minimum absolute atomic E-state index is 0.232. The standard InChI is InChI=1S/C26H22N6O3/c1-30-23-20(25(34)31(2)26(30)35)13-19(14-27-23)28-24(33)21-16-32(15-17-9-5-3-6-10-17)29-22(21)18-11-7-4-8-12-18/h3-14,16H,15H2,1-2H3,(H,28,33). The number of anilines is 1. The van der Waals surface area contributed by atoms with Crippen molar-refractivity contribution in [1.29, 1.82) is 0 Å². The maximum Gasteiger partial charge on any atom is 0.332 e. The summed E-state index contributed by atoms with van der Waals surface area (Å²) in [6.07, 6.45) is 3.14. The predicted molar refractivity (Wildman–Crippen MR) is 133 cm³/mol. The number of amides is 1. The first-order valence-electron chi connectivity index (χ1n) is 11.0. The number of nitrogens with zero attached hydrogens (tertiary/aromatic N) is 5. The number of carbonyl (C=O) groups excluding carboxylic acids is 1. The van der Waals surface area contributed by atoms with E-state index in [0.717, 1.165) is 15.7 Å². The summed E-state index contributed by atoms with van der Waals surface area (Å²) < 4.78 is 4.04. The van der Waals surface area contributed by atoms with Crippen molar-refractivity contribution in [3.63, 3.8) is 0 Å². The van der Waals surface area contributed by atoms with E-state index in [4.69, 9.17) is 0 Å². The van der Waals surface area contributed by atoms with Crippen LogP contribution in [-0.2, 0) is 20.6 Å². The molecule has 2 aromatic carbocycles. The number of rotatable bonds is 5. The number of pyridine rings is 1. The van der Waals surface area contributed by atoms with E-state index < -0.39 is 11.2 Å². The van der Waals surface area contributed by atoms with E-state index in [1.54, 1.807) is 17.9 Å². The molecule has 0 aliphatic carbocycles. The molecule has 174 valence electrons. The highest BCUT2D eigenvalue weighted by molar-refractivity contribution is 6.08. The molecule has 1 N–H and O–H groups in total. The van der Waals surface area contributed by atoms with Gasteiger partial charge < -0.3 is 5.32 Å². The average Bonchev–Trinajstić information content (AvgIpc) is 3.31. The third kappa shape index (κ3) is 4.15. The van der Waals surface area contributed by atoms with Gasteiger partial charge in [-0.2, -0.15) is 5.10 Å². The molecule has 0 bridgehead atoms. The smallest absolute Gasteiger partial charge is 0.320 e. The van der Waals surface area contributed by atoms with E-state index in [1.807, 2.05) is 60.7 Å². The van der Waals surface area contributed by atoms with E-state index >= 15 is 0 Å². The Balaban J connectivity index is 1.53. The van der Waals surface area contributed by atoms with Crippen molar-refractivity contribution in [2.24, 2.45) is 14.1 Å². The second-order valence-corrected chi connectivity index (χ2v) is 8.20. The molecule has 35 heavy (non-hydrogen) atoms.